The molecule has 0 aliphatic carbocycles. The van der Waals surface area contributed by atoms with Gasteiger partial charge in [0.15, 0.2) is 0 Å². The van der Waals surface area contributed by atoms with Crippen molar-refractivity contribution in [3.63, 3.8) is 0 Å². The molecule has 1 aromatic rings. The van der Waals surface area contributed by atoms with Crippen LogP contribution >= 0.6 is 0 Å². The number of aryl methyl sites for hydroxylation is 1. The lowest BCUT2D eigenvalue weighted by atomic mass is 10.1. The van der Waals surface area contributed by atoms with Gasteiger partial charge in [0, 0.05) is 25.5 Å². The molecule has 1 aliphatic rings. The number of aromatic nitrogens is 1. The molecular formula is C16H27N3. The number of likely N-dealkylation sites (tertiary alicyclic amines) is 1. The van der Waals surface area contributed by atoms with Crippen LogP contribution in [0.3, 0.4) is 0 Å². The Morgan fingerprint density at radius 2 is 2.32 bits per heavy atom. The highest BCUT2D eigenvalue weighted by molar-refractivity contribution is 5.21. The first kappa shape index (κ1) is 14.5. The maximum atomic E-state index is 4.24. The Morgan fingerprint density at radius 3 is 3.05 bits per heavy atom. The largest absolute Gasteiger partial charge is 0.316 e. The Bertz CT molecular complexity index is 389. The van der Waals surface area contributed by atoms with Gasteiger partial charge in [-0.2, -0.15) is 0 Å². The van der Waals surface area contributed by atoms with Crippen molar-refractivity contribution in [1.29, 1.82) is 0 Å². The number of rotatable bonds is 6. The first-order valence-electron chi connectivity index (χ1n) is 7.47. The third kappa shape index (κ3) is 4.59. The Balaban J connectivity index is 1.75. The minimum Gasteiger partial charge on any atom is -0.316 e. The van der Waals surface area contributed by atoms with E-state index in [0.29, 0.717) is 0 Å². The zero-order chi connectivity index (χ0) is 13.7. The molecule has 1 fully saturated rings. The van der Waals surface area contributed by atoms with Crippen molar-refractivity contribution in [1.82, 2.24) is 15.2 Å². The van der Waals surface area contributed by atoms with Crippen LogP contribution in [0.5, 0.6) is 0 Å². The molecule has 3 heteroatoms. The van der Waals surface area contributed by atoms with Crippen LogP contribution in [0, 0.1) is 18.8 Å². The summed E-state index contributed by atoms with van der Waals surface area (Å²) < 4.78 is 0. The summed E-state index contributed by atoms with van der Waals surface area (Å²) in [4.78, 5) is 6.80. The van der Waals surface area contributed by atoms with Gasteiger partial charge < -0.3 is 5.32 Å². The molecule has 1 aliphatic heterocycles. The highest BCUT2D eigenvalue weighted by atomic mass is 15.1. The quantitative estimate of drug-likeness (QED) is 0.852. The lowest BCUT2D eigenvalue weighted by Crippen LogP contribution is -2.28. The summed E-state index contributed by atoms with van der Waals surface area (Å²) in [5, 5.41) is 3.58. The second-order valence-corrected chi connectivity index (χ2v) is 6.24. The van der Waals surface area contributed by atoms with Crippen molar-refractivity contribution in [2.24, 2.45) is 11.8 Å². The third-order valence-corrected chi connectivity index (χ3v) is 3.90. The molecule has 19 heavy (non-hydrogen) atoms. The molecule has 2 heterocycles. The zero-order valence-corrected chi connectivity index (χ0v) is 12.5. The van der Waals surface area contributed by atoms with Gasteiger partial charge in [-0.15, -0.1) is 0 Å². The Morgan fingerprint density at radius 1 is 1.47 bits per heavy atom. The monoisotopic (exact) mass is 261 g/mol. The topological polar surface area (TPSA) is 28.2 Å². The highest BCUT2D eigenvalue weighted by Gasteiger charge is 2.22. The second-order valence-electron chi connectivity index (χ2n) is 6.24. The van der Waals surface area contributed by atoms with Gasteiger partial charge in [-0.25, -0.2) is 0 Å². The lowest BCUT2D eigenvalue weighted by Gasteiger charge is -2.17. The number of nitrogens with one attached hydrogen (secondary N) is 1. The first-order valence-corrected chi connectivity index (χ1v) is 7.47. The van der Waals surface area contributed by atoms with Crippen molar-refractivity contribution < 1.29 is 0 Å². The van der Waals surface area contributed by atoms with Crippen molar-refractivity contribution in [2.45, 2.75) is 33.7 Å². The molecular weight excluding hydrogens is 234 g/mol. The SMILES string of the molecule is Cc1ccncc1CN1CCC(CNCC(C)C)C1. The van der Waals surface area contributed by atoms with Gasteiger partial charge in [-0.05, 0) is 62.0 Å². The van der Waals surface area contributed by atoms with E-state index in [1.165, 1.54) is 37.2 Å². The average molecular weight is 261 g/mol. The maximum absolute atomic E-state index is 4.24. The molecule has 3 nitrogen and oxygen atoms in total. The van der Waals surface area contributed by atoms with Crippen LogP contribution in [0.25, 0.3) is 0 Å². The Labute approximate surface area is 117 Å². The van der Waals surface area contributed by atoms with Crippen LogP contribution in [-0.4, -0.2) is 36.1 Å². The van der Waals surface area contributed by atoms with Crippen LogP contribution in [-0.2, 0) is 6.54 Å². The lowest BCUT2D eigenvalue weighted by molar-refractivity contribution is 0.312. The maximum Gasteiger partial charge on any atom is 0.0315 e. The Hall–Kier alpha value is -0.930. The van der Waals surface area contributed by atoms with E-state index in [2.05, 4.69) is 42.0 Å². The number of pyridine rings is 1. The van der Waals surface area contributed by atoms with Crippen molar-refractivity contribution in [3.8, 4) is 0 Å². The van der Waals surface area contributed by atoms with Crippen LogP contribution in [0.1, 0.15) is 31.4 Å². The van der Waals surface area contributed by atoms with Gasteiger partial charge in [-0.1, -0.05) is 13.8 Å². The van der Waals surface area contributed by atoms with E-state index < -0.39 is 0 Å². The van der Waals surface area contributed by atoms with Gasteiger partial charge >= 0.3 is 0 Å². The van der Waals surface area contributed by atoms with Gasteiger partial charge in [0.25, 0.3) is 0 Å². The predicted octanol–water partition coefficient (Wildman–Crippen LogP) is 2.46. The van der Waals surface area contributed by atoms with Gasteiger partial charge in [0.1, 0.15) is 0 Å². The summed E-state index contributed by atoms with van der Waals surface area (Å²) in [5.41, 5.74) is 2.73. The van der Waals surface area contributed by atoms with Gasteiger partial charge in [-0.3, -0.25) is 9.88 Å². The molecule has 2 rings (SSSR count). The molecule has 1 aromatic heterocycles. The van der Waals surface area contributed by atoms with Gasteiger partial charge in [0.2, 0.25) is 0 Å². The summed E-state index contributed by atoms with van der Waals surface area (Å²) >= 11 is 0. The van der Waals surface area contributed by atoms with E-state index in [0.717, 1.165) is 24.9 Å². The number of hydrogen-bond donors (Lipinski definition) is 1. The van der Waals surface area contributed by atoms with E-state index in [-0.39, 0.29) is 0 Å². The van der Waals surface area contributed by atoms with E-state index >= 15 is 0 Å². The minimum absolute atomic E-state index is 0.746. The summed E-state index contributed by atoms with van der Waals surface area (Å²) in [6.45, 7) is 12.5. The molecule has 0 radical (unpaired) electrons. The van der Waals surface area contributed by atoms with Crippen molar-refractivity contribution in [2.75, 3.05) is 26.2 Å². The predicted molar refractivity (Wildman–Crippen MR) is 80.1 cm³/mol. The highest BCUT2D eigenvalue weighted by Crippen LogP contribution is 2.19. The minimum atomic E-state index is 0.746. The van der Waals surface area contributed by atoms with E-state index in [9.17, 15) is 0 Å². The fourth-order valence-corrected chi connectivity index (χ4v) is 2.70. The van der Waals surface area contributed by atoms with E-state index in [1.807, 2.05) is 12.4 Å². The fourth-order valence-electron chi connectivity index (χ4n) is 2.70. The standard InChI is InChI=1S/C16H27N3/c1-13(2)8-18-9-15-5-7-19(11-15)12-16-10-17-6-4-14(16)3/h4,6,10,13,15,18H,5,7-9,11-12H2,1-3H3. The molecule has 1 atom stereocenters. The van der Waals surface area contributed by atoms with Gasteiger partial charge in [0.05, 0.1) is 0 Å². The van der Waals surface area contributed by atoms with E-state index in [4.69, 9.17) is 0 Å². The smallest absolute Gasteiger partial charge is 0.0315 e. The second kappa shape index (κ2) is 7.01. The average Bonchev–Trinajstić information content (AvgIpc) is 2.79. The van der Waals surface area contributed by atoms with Crippen molar-refractivity contribution >= 4 is 0 Å². The molecule has 0 spiro atoms. The summed E-state index contributed by atoms with van der Waals surface area (Å²) in [5.74, 6) is 1.56. The molecule has 1 N–H and O–H groups in total. The summed E-state index contributed by atoms with van der Waals surface area (Å²) in [6.07, 6.45) is 5.21. The normalized spacial score (nSPS) is 20.3. The molecule has 0 saturated carbocycles. The molecule has 1 saturated heterocycles. The van der Waals surface area contributed by atoms with Crippen LogP contribution in [0.15, 0.2) is 18.5 Å². The number of nitrogens with zero attached hydrogens (tertiary/aromatic N) is 2. The molecule has 0 bridgehead atoms. The summed E-state index contributed by atoms with van der Waals surface area (Å²) in [6, 6.07) is 2.10. The number of hydrogen-bond acceptors (Lipinski definition) is 3. The van der Waals surface area contributed by atoms with Crippen LogP contribution in [0.2, 0.25) is 0 Å². The van der Waals surface area contributed by atoms with Crippen LogP contribution < -0.4 is 5.32 Å². The summed E-state index contributed by atoms with van der Waals surface area (Å²) in [7, 11) is 0. The van der Waals surface area contributed by atoms with E-state index in [1.54, 1.807) is 0 Å². The first-order chi connectivity index (χ1) is 9.15. The molecule has 106 valence electrons. The fraction of sp³-hybridized carbons (Fsp3) is 0.688. The molecule has 0 amide bonds. The third-order valence-electron chi connectivity index (χ3n) is 3.90. The zero-order valence-electron chi connectivity index (χ0n) is 12.5. The van der Waals surface area contributed by atoms with Crippen LogP contribution in [0.4, 0.5) is 0 Å². The van der Waals surface area contributed by atoms with Crippen molar-refractivity contribution in [3.05, 3.63) is 29.6 Å². The Kier molecular flexibility index (Phi) is 5.34. The molecule has 0 aromatic carbocycles. The molecule has 1 unspecified atom stereocenters.